The summed E-state index contributed by atoms with van der Waals surface area (Å²) in [6, 6.07) is 5.19. The van der Waals surface area contributed by atoms with Crippen molar-refractivity contribution in [3.8, 4) is 0 Å². The average molecular weight is 494 g/mol. The van der Waals surface area contributed by atoms with Gasteiger partial charge in [0.2, 0.25) is 0 Å². The zero-order valence-electron chi connectivity index (χ0n) is 20.8. The van der Waals surface area contributed by atoms with E-state index in [9.17, 15) is 9.18 Å². The molecular formula is C26H38F3N5O. The Morgan fingerprint density at radius 2 is 1.74 bits per heavy atom. The Morgan fingerprint density at radius 1 is 1.06 bits per heavy atom. The first-order chi connectivity index (χ1) is 16.7. The smallest absolute Gasteiger partial charge is 0.317 e. The molecule has 2 amide bonds. The Balaban J connectivity index is 1.20. The summed E-state index contributed by atoms with van der Waals surface area (Å²) in [5.41, 5.74) is 0.859. The normalized spacial score (nSPS) is 31.7. The topological polar surface area (TPSA) is 42.1 Å². The Kier molecular flexibility index (Phi) is 6.92. The minimum absolute atomic E-state index is 0.172. The van der Waals surface area contributed by atoms with Crippen LogP contribution in [0.5, 0.6) is 0 Å². The number of nitrogens with one attached hydrogen (secondary N) is 1. The number of fused-ring (bicyclic) bond motifs is 1. The van der Waals surface area contributed by atoms with Gasteiger partial charge in [-0.1, -0.05) is 6.07 Å². The highest BCUT2D eigenvalue weighted by atomic mass is 19.3. The van der Waals surface area contributed by atoms with E-state index >= 15 is 8.78 Å². The number of piperazine rings is 1. The highest BCUT2D eigenvalue weighted by Crippen LogP contribution is 2.38. The average Bonchev–Trinajstić information content (AvgIpc) is 3.40. The number of rotatable bonds is 4. The third-order valence-electron chi connectivity index (χ3n) is 8.62. The summed E-state index contributed by atoms with van der Waals surface area (Å²) in [5.74, 6) is -2.61. The quantitative estimate of drug-likeness (QED) is 0.698. The van der Waals surface area contributed by atoms with E-state index in [0.717, 1.165) is 45.0 Å². The molecule has 1 aromatic rings. The first-order valence-corrected chi connectivity index (χ1v) is 13.1. The Morgan fingerprint density at radius 3 is 2.37 bits per heavy atom. The molecule has 5 rings (SSSR count). The third kappa shape index (κ3) is 5.12. The van der Waals surface area contributed by atoms with Crippen LogP contribution in [0.3, 0.4) is 0 Å². The van der Waals surface area contributed by atoms with Crippen LogP contribution in [0.4, 0.5) is 23.7 Å². The summed E-state index contributed by atoms with van der Waals surface area (Å²) in [6.45, 7) is 10.2. The Bertz CT molecular complexity index is 893. The molecule has 9 heteroatoms. The van der Waals surface area contributed by atoms with Gasteiger partial charge in [0.25, 0.3) is 5.92 Å². The lowest BCUT2D eigenvalue weighted by Gasteiger charge is -2.47. The zero-order valence-corrected chi connectivity index (χ0v) is 20.8. The number of urea groups is 1. The molecule has 4 fully saturated rings. The van der Waals surface area contributed by atoms with E-state index in [2.05, 4.69) is 33.9 Å². The molecule has 3 heterocycles. The number of amides is 2. The van der Waals surface area contributed by atoms with Crippen molar-refractivity contribution in [2.24, 2.45) is 11.8 Å². The standard InChI is InChI=1S/C26H38F3N5O/c1-18(2)31-9-11-32(12-10-31)23-7-4-8-26(28,29)24(23)30-25(35)34-16-19-14-33(15-20(19)17-34)22-6-3-5-21(27)13-22/h3,5-6,13,18-20,23-24H,4,7-12,14-17H2,1-2H3,(H,30,35)/t19-,20+,23-,24+/m0/s1. The van der Waals surface area contributed by atoms with Crippen LogP contribution in [0.1, 0.15) is 33.1 Å². The van der Waals surface area contributed by atoms with Crippen LogP contribution < -0.4 is 10.2 Å². The summed E-state index contributed by atoms with van der Waals surface area (Å²) >= 11 is 0. The van der Waals surface area contributed by atoms with Gasteiger partial charge in [-0.05, 0) is 44.9 Å². The van der Waals surface area contributed by atoms with E-state index in [1.165, 1.54) is 12.1 Å². The van der Waals surface area contributed by atoms with Crippen molar-refractivity contribution in [3.63, 3.8) is 0 Å². The van der Waals surface area contributed by atoms with E-state index in [1.807, 2.05) is 6.07 Å². The number of hydrogen-bond donors (Lipinski definition) is 1. The van der Waals surface area contributed by atoms with Crippen molar-refractivity contribution >= 4 is 11.7 Å². The van der Waals surface area contributed by atoms with Crippen LogP contribution in [0.25, 0.3) is 0 Å². The molecule has 0 aromatic heterocycles. The second kappa shape index (κ2) is 9.81. The van der Waals surface area contributed by atoms with Crippen molar-refractivity contribution in [3.05, 3.63) is 30.1 Å². The molecule has 4 aliphatic rings. The van der Waals surface area contributed by atoms with Gasteiger partial charge in [-0.15, -0.1) is 0 Å². The number of carbonyl (C=O) groups is 1. The van der Waals surface area contributed by atoms with Crippen LogP contribution in [0, 0.1) is 17.7 Å². The molecule has 1 aliphatic carbocycles. The van der Waals surface area contributed by atoms with Crippen LogP contribution in [0.15, 0.2) is 24.3 Å². The maximum Gasteiger partial charge on any atom is 0.317 e. The first kappa shape index (κ1) is 24.7. The number of benzene rings is 1. The fraction of sp³-hybridized carbons (Fsp3) is 0.731. The molecule has 194 valence electrons. The molecule has 1 saturated carbocycles. The fourth-order valence-corrected chi connectivity index (χ4v) is 6.60. The maximum absolute atomic E-state index is 15.1. The first-order valence-electron chi connectivity index (χ1n) is 13.1. The van der Waals surface area contributed by atoms with Gasteiger partial charge in [0.1, 0.15) is 11.9 Å². The molecule has 35 heavy (non-hydrogen) atoms. The molecule has 0 unspecified atom stereocenters. The Hall–Kier alpha value is -2.00. The zero-order chi connectivity index (χ0) is 24.7. The largest absolute Gasteiger partial charge is 0.371 e. The molecule has 0 bridgehead atoms. The summed E-state index contributed by atoms with van der Waals surface area (Å²) in [4.78, 5) is 21.6. The summed E-state index contributed by atoms with van der Waals surface area (Å²) in [5, 5.41) is 2.79. The van der Waals surface area contributed by atoms with Crippen molar-refractivity contribution < 1.29 is 18.0 Å². The van der Waals surface area contributed by atoms with Crippen LogP contribution in [-0.4, -0.2) is 97.1 Å². The van der Waals surface area contributed by atoms with Gasteiger partial charge in [0.05, 0.1) is 0 Å². The number of likely N-dealkylation sites (tertiary alicyclic amines) is 1. The second-order valence-electron chi connectivity index (χ2n) is 11.1. The lowest BCUT2D eigenvalue weighted by molar-refractivity contribution is -0.0971. The predicted molar refractivity (Wildman–Crippen MR) is 130 cm³/mol. The number of nitrogens with zero attached hydrogens (tertiary/aromatic N) is 4. The highest BCUT2D eigenvalue weighted by Gasteiger charge is 2.51. The lowest BCUT2D eigenvalue weighted by Crippen LogP contribution is -2.65. The van der Waals surface area contributed by atoms with Crippen molar-refractivity contribution in [2.75, 3.05) is 57.3 Å². The highest BCUT2D eigenvalue weighted by molar-refractivity contribution is 5.75. The predicted octanol–water partition coefficient (Wildman–Crippen LogP) is 3.49. The molecule has 0 radical (unpaired) electrons. The number of carbonyl (C=O) groups excluding carboxylic acids is 1. The maximum atomic E-state index is 15.1. The van der Waals surface area contributed by atoms with Crippen LogP contribution >= 0.6 is 0 Å². The monoisotopic (exact) mass is 493 g/mol. The van der Waals surface area contributed by atoms with Gasteiger partial charge in [-0.25, -0.2) is 18.0 Å². The van der Waals surface area contributed by atoms with Gasteiger partial charge >= 0.3 is 6.03 Å². The van der Waals surface area contributed by atoms with Gasteiger partial charge in [-0.2, -0.15) is 0 Å². The van der Waals surface area contributed by atoms with Crippen molar-refractivity contribution in [2.45, 2.75) is 57.2 Å². The van der Waals surface area contributed by atoms with Gasteiger partial charge < -0.3 is 15.1 Å². The minimum atomic E-state index is -2.91. The minimum Gasteiger partial charge on any atom is -0.371 e. The fourth-order valence-electron chi connectivity index (χ4n) is 6.60. The molecule has 0 spiro atoms. The number of anilines is 1. The van der Waals surface area contributed by atoms with Gasteiger partial charge in [0, 0.05) is 88.4 Å². The van der Waals surface area contributed by atoms with E-state index < -0.39 is 12.0 Å². The molecular weight excluding hydrogens is 455 g/mol. The molecule has 6 nitrogen and oxygen atoms in total. The third-order valence-corrected chi connectivity index (χ3v) is 8.62. The van der Waals surface area contributed by atoms with Crippen LogP contribution in [-0.2, 0) is 0 Å². The molecule has 3 aliphatic heterocycles. The van der Waals surface area contributed by atoms with E-state index in [0.29, 0.717) is 32.0 Å². The second-order valence-corrected chi connectivity index (χ2v) is 11.1. The van der Waals surface area contributed by atoms with Gasteiger partial charge in [0.15, 0.2) is 0 Å². The molecule has 1 aromatic carbocycles. The summed E-state index contributed by atoms with van der Waals surface area (Å²) in [7, 11) is 0. The van der Waals surface area contributed by atoms with E-state index in [-0.39, 0.29) is 36.1 Å². The number of hydrogen-bond acceptors (Lipinski definition) is 4. The van der Waals surface area contributed by atoms with E-state index in [1.54, 1.807) is 11.0 Å². The van der Waals surface area contributed by atoms with E-state index in [4.69, 9.17) is 0 Å². The van der Waals surface area contributed by atoms with Gasteiger partial charge in [-0.3, -0.25) is 9.80 Å². The van der Waals surface area contributed by atoms with Crippen molar-refractivity contribution in [1.29, 1.82) is 0 Å². The number of halogens is 3. The molecule has 3 saturated heterocycles. The number of alkyl halides is 2. The molecule has 4 atom stereocenters. The SMILES string of the molecule is CC(C)N1CCN([C@H]2CCCC(F)(F)[C@@H]2NC(=O)N2C[C@@H]3CN(c4cccc(F)c4)C[C@@H]3C2)CC1. The lowest BCUT2D eigenvalue weighted by atomic mass is 9.85. The van der Waals surface area contributed by atoms with Crippen molar-refractivity contribution in [1.82, 2.24) is 20.0 Å². The molecule has 1 N–H and O–H groups in total. The summed E-state index contributed by atoms with van der Waals surface area (Å²) in [6.07, 6.45) is 1.00. The van der Waals surface area contributed by atoms with Crippen LogP contribution in [0.2, 0.25) is 0 Å². The summed E-state index contributed by atoms with van der Waals surface area (Å²) < 4.78 is 43.9. The Labute approximate surface area is 206 Å².